The molecule has 0 saturated carbocycles. The van der Waals surface area contributed by atoms with Gasteiger partial charge >= 0.3 is 0 Å². The van der Waals surface area contributed by atoms with Gasteiger partial charge in [-0.2, -0.15) is 0 Å². The molecule has 3 rings (SSSR count). The van der Waals surface area contributed by atoms with Gasteiger partial charge in [0.1, 0.15) is 17.8 Å². The Morgan fingerprint density at radius 1 is 1.12 bits per heavy atom. The van der Waals surface area contributed by atoms with Crippen LogP contribution in [-0.2, 0) is 0 Å². The Balaban J connectivity index is 1.56. The van der Waals surface area contributed by atoms with Gasteiger partial charge in [-0.25, -0.2) is 19.9 Å². The van der Waals surface area contributed by atoms with Crippen molar-refractivity contribution >= 4 is 17.7 Å². The highest BCUT2D eigenvalue weighted by Crippen LogP contribution is 2.13. The minimum Gasteiger partial charge on any atom is -0.369 e. The minimum absolute atomic E-state index is 0.0725. The number of anilines is 2. The van der Waals surface area contributed by atoms with Crippen molar-refractivity contribution in [2.45, 2.75) is 0 Å². The van der Waals surface area contributed by atoms with E-state index >= 15 is 0 Å². The van der Waals surface area contributed by atoms with Gasteiger partial charge in [0.15, 0.2) is 0 Å². The number of carbonyl (C=O) groups excluding carboxylic acids is 1. The lowest BCUT2D eigenvalue weighted by Crippen LogP contribution is -2.49. The molecule has 9 nitrogen and oxygen atoms in total. The Labute approximate surface area is 153 Å². The Morgan fingerprint density at radius 3 is 2.54 bits per heavy atom. The average Bonchev–Trinajstić information content (AvgIpc) is 2.68. The molecule has 2 aromatic rings. The van der Waals surface area contributed by atoms with Gasteiger partial charge in [0.05, 0.1) is 0 Å². The van der Waals surface area contributed by atoms with E-state index in [1.165, 1.54) is 6.33 Å². The van der Waals surface area contributed by atoms with Crippen molar-refractivity contribution in [1.29, 1.82) is 0 Å². The Hall–Kier alpha value is -2.81. The van der Waals surface area contributed by atoms with Crippen LogP contribution >= 0.6 is 0 Å². The summed E-state index contributed by atoms with van der Waals surface area (Å²) in [6.07, 6.45) is 4.89. The maximum absolute atomic E-state index is 12.7. The first-order valence-corrected chi connectivity index (χ1v) is 8.65. The van der Waals surface area contributed by atoms with E-state index in [-0.39, 0.29) is 5.91 Å². The molecule has 9 heteroatoms. The highest BCUT2D eigenvalue weighted by Gasteiger charge is 2.24. The minimum atomic E-state index is -0.0725. The molecular weight excluding hydrogens is 332 g/mol. The standard InChI is InChI=1S/C17H24N8O/c1-23(2)7-6-18-15-12-14(21-13-22-15)16(26)24-8-10-25(11-9-24)17-19-4-3-5-20-17/h3-5,12-13H,6-11H2,1-2H3,(H,18,21,22). The molecule has 1 aliphatic rings. The Bertz CT molecular complexity index is 716. The number of nitrogens with one attached hydrogen (secondary N) is 1. The first-order valence-electron chi connectivity index (χ1n) is 8.65. The number of likely N-dealkylation sites (N-methyl/N-ethyl adjacent to an activating group) is 1. The summed E-state index contributed by atoms with van der Waals surface area (Å²) in [5.74, 6) is 1.30. The number of rotatable bonds is 6. The summed E-state index contributed by atoms with van der Waals surface area (Å²) in [5.41, 5.74) is 0.414. The maximum atomic E-state index is 12.7. The van der Waals surface area contributed by atoms with Crippen LogP contribution in [0, 0.1) is 0 Å². The van der Waals surface area contributed by atoms with Gasteiger partial charge in [-0.1, -0.05) is 0 Å². The fourth-order valence-electron chi connectivity index (χ4n) is 2.70. The van der Waals surface area contributed by atoms with Crippen molar-refractivity contribution in [3.63, 3.8) is 0 Å². The maximum Gasteiger partial charge on any atom is 0.272 e. The fraction of sp³-hybridized carbons (Fsp3) is 0.471. The highest BCUT2D eigenvalue weighted by molar-refractivity contribution is 5.93. The van der Waals surface area contributed by atoms with E-state index in [1.54, 1.807) is 24.5 Å². The molecule has 1 saturated heterocycles. The fourth-order valence-corrected chi connectivity index (χ4v) is 2.70. The molecule has 1 N–H and O–H groups in total. The highest BCUT2D eigenvalue weighted by atomic mass is 16.2. The van der Waals surface area contributed by atoms with Crippen molar-refractivity contribution in [3.05, 3.63) is 36.5 Å². The molecule has 0 spiro atoms. The van der Waals surface area contributed by atoms with Gasteiger partial charge in [-0.3, -0.25) is 4.79 Å². The molecule has 1 aliphatic heterocycles. The predicted molar refractivity (Wildman–Crippen MR) is 99.2 cm³/mol. The molecule has 3 heterocycles. The lowest BCUT2D eigenvalue weighted by Gasteiger charge is -2.34. The summed E-state index contributed by atoms with van der Waals surface area (Å²) in [4.78, 5) is 35.5. The molecule has 0 aromatic carbocycles. The number of hydrogen-bond donors (Lipinski definition) is 1. The molecular formula is C17H24N8O. The van der Waals surface area contributed by atoms with Crippen LogP contribution in [0.5, 0.6) is 0 Å². The van der Waals surface area contributed by atoms with Crippen molar-refractivity contribution in [3.8, 4) is 0 Å². The van der Waals surface area contributed by atoms with Gasteiger partial charge in [-0.05, 0) is 20.2 Å². The van der Waals surface area contributed by atoms with Gasteiger partial charge in [0.2, 0.25) is 5.95 Å². The van der Waals surface area contributed by atoms with E-state index in [0.717, 1.165) is 13.1 Å². The number of carbonyl (C=O) groups is 1. The molecule has 1 amide bonds. The van der Waals surface area contributed by atoms with Crippen LogP contribution in [0.25, 0.3) is 0 Å². The van der Waals surface area contributed by atoms with Crippen LogP contribution in [0.3, 0.4) is 0 Å². The van der Waals surface area contributed by atoms with Crippen LogP contribution in [0.2, 0.25) is 0 Å². The third-order valence-electron chi connectivity index (χ3n) is 4.15. The SMILES string of the molecule is CN(C)CCNc1cc(C(=O)N2CCN(c3ncccn3)CC2)ncn1. The van der Waals surface area contributed by atoms with E-state index in [1.807, 2.05) is 19.0 Å². The zero-order chi connectivity index (χ0) is 18.4. The second-order valence-electron chi connectivity index (χ2n) is 6.35. The summed E-state index contributed by atoms with van der Waals surface area (Å²) in [6.45, 7) is 4.28. The van der Waals surface area contributed by atoms with E-state index in [2.05, 4.69) is 35.1 Å². The number of piperazine rings is 1. The largest absolute Gasteiger partial charge is 0.369 e. The number of amides is 1. The van der Waals surface area contributed by atoms with Crippen molar-refractivity contribution in [2.24, 2.45) is 0 Å². The quantitative estimate of drug-likeness (QED) is 0.785. The number of hydrogen-bond acceptors (Lipinski definition) is 8. The molecule has 138 valence electrons. The molecule has 1 fully saturated rings. The molecule has 0 radical (unpaired) electrons. The van der Waals surface area contributed by atoms with Crippen LogP contribution in [0.4, 0.5) is 11.8 Å². The molecule has 0 atom stereocenters. The summed E-state index contributed by atoms with van der Waals surface area (Å²) in [7, 11) is 4.02. The van der Waals surface area contributed by atoms with Gasteiger partial charge < -0.3 is 20.0 Å². The monoisotopic (exact) mass is 356 g/mol. The van der Waals surface area contributed by atoms with E-state index in [9.17, 15) is 4.79 Å². The first-order chi connectivity index (χ1) is 12.6. The van der Waals surface area contributed by atoms with Gasteiger partial charge in [-0.15, -0.1) is 0 Å². The smallest absolute Gasteiger partial charge is 0.272 e. The summed E-state index contributed by atoms with van der Waals surface area (Å²) in [5, 5.41) is 3.21. The van der Waals surface area contributed by atoms with Crippen LogP contribution in [-0.4, -0.2) is 89.0 Å². The second-order valence-corrected chi connectivity index (χ2v) is 6.35. The molecule has 0 unspecified atom stereocenters. The molecule has 0 bridgehead atoms. The van der Waals surface area contributed by atoms with Gasteiger partial charge in [0, 0.05) is 57.7 Å². The number of nitrogens with zero attached hydrogens (tertiary/aromatic N) is 7. The molecule has 0 aliphatic carbocycles. The summed E-state index contributed by atoms with van der Waals surface area (Å²) in [6, 6.07) is 3.51. The lowest BCUT2D eigenvalue weighted by atomic mass is 10.2. The Kier molecular flexibility index (Phi) is 5.90. The molecule has 2 aromatic heterocycles. The molecule has 26 heavy (non-hydrogen) atoms. The summed E-state index contributed by atoms with van der Waals surface area (Å²) < 4.78 is 0. The van der Waals surface area contributed by atoms with E-state index in [4.69, 9.17) is 0 Å². The topological polar surface area (TPSA) is 90.4 Å². The normalized spacial score (nSPS) is 14.6. The van der Waals surface area contributed by atoms with Crippen molar-refractivity contribution < 1.29 is 4.79 Å². The van der Waals surface area contributed by atoms with E-state index < -0.39 is 0 Å². The third-order valence-corrected chi connectivity index (χ3v) is 4.15. The summed E-state index contributed by atoms with van der Waals surface area (Å²) >= 11 is 0. The van der Waals surface area contributed by atoms with E-state index in [0.29, 0.717) is 43.6 Å². The third kappa shape index (κ3) is 4.63. The Morgan fingerprint density at radius 2 is 1.85 bits per heavy atom. The second kappa shape index (κ2) is 8.52. The lowest BCUT2D eigenvalue weighted by molar-refractivity contribution is 0.0740. The first kappa shape index (κ1) is 18.0. The van der Waals surface area contributed by atoms with Crippen molar-refractivity contribution in [1.82, 2.24) is 29.7 Å². The van der Waals surface area contributed by atoms with Crippen molar-refractivity contribution in [2.75, 3.05) is 63.6 Å². The predicted octanol–water partition coefficient (Wildman–Crippen LogP) is 0.203. The van der Waals surface area contributed by atoms with Crippen LogP contribution < -0.4 is 10.2 Å². The van der Waals surface area contributed by atoms with Crippen LogP contribution in [0.1, 0.15) is 10.5 Å². The van der Waals surface area contributed by atoms with Gasteiger partial charge in [0.25, 0.3) is 5.91 Å². The zero-order valence-corrected chi connectivity index (χ0v) is 15.2. The van der Waals surface area contributed by atoms with Crippen LogP contribution in [0.15, 0.2) is 30.9 Å². The zero-order valence-electron chi connectivity index (χ0n) is 15.2. The average molecular weight is 356 g/mol. The number of aromatic nitrogens is 4.